The molecule has 3 aromatic carbocycles. The fourth-order valence-corrected chi connectivity index (χ4v) is 4.96. The number of carbonyl (C=O) groups excluding carboxylic acids is 3. The number of rotatable bonds is 11. The van der Waals surface area contributed by atoms with Gasteiger partial charge in [-0.05, 0) is 64.3 Å². The largest absolute Gasteiger partial charge is 0.490 e. The van der Waals surface area contributed by atoms with Gasteiger partial charge in [0.25, 0.3) is 0 Å². The quantitative estimate of drug-likeness (QED) is 0.0677. The van der Waals surface area contributed by atoms with Gasteiger partial charge >= 0.3 is 6.09 Å². The third-order valence-electron chi connectivity index (χ3n) is 7.20. The molecule has 0 spiro atoms. The summed E-state index contributed by atoms with van der Waals surface area (Å²) in [6.07, 6.45) is 4.74. The SMILES string of the molecule is CC(C)(C)OC(=O)Nc1cc(OCCOC2CCCCO2)c(C#Cc2ccccc2)cc1NC(=O)CC(=O)c1cccc(-c2ncc[nH]2)c1. The van der Waals surface area contributed by atoms with Gasteiger partial charge in [-0.3, -0.25) is 14.9 Å². The smallest absolute Gasteiger partial charge is 0.412 e. The van der Waals surface area contributed by atoms with E-state index in [0.29, 0.717) is 34.9 Å². The Morgan fingerprint density at radius 3 is 2.51 bits per heavy atom. The first-order valence-electron chi connectivity index (χ1n) is 16.2. The van der Waals surface area contributed by atoms with Crippen molar-refractivity contribution in [2.75, 3.05) is 30.5 Å². The molecule has 0 bridgehead atoms. The molecule has 1 aromatic heterocycles. The van der Waals surface area contributed by atoms with Crippen molar-refractivity contribution >= 4 is 29.2 Å². The highest BCUT2D eigenvalue weighted by molar-refractivity contribution is 6.12. The number of aromatic nitrogens is 2. The van der Waals surface area contributed by atoms with E-state index in [2.05, 4.69) is 32.4 Å². The summed E-state index contributed by atoms with van der Waals surface area (Å²) in [7, 11) is 0. The molecule has 5 rings (SSSR count). The van der Waals surface area contributed by atoms with E-state index in [1.54, 1.807) is 63.5 Å². The number of ether oxygens (including phenoxy) is 4. The Labute approximate surface area is 285 Å². The number of amides is 2. The molecule has 11 heteroatoms. The average Bonchev–Trinajstić information content (AvgIpc) is 3.63. The Hall–Kier alpha value is -5.44. The molecule has 3 N–H and O–H groups in total. The molecule has 1 aliphatic heterocycles. The average molecular weight is 665 g/mol. The first-order chi connectivity index (χ1) is 23.6. The highest BCUT2D eigenvalue weighted by atomic mass is 16.7. The lowest BCUT2D eigenvalue weighted by Gasteiger charge is -2.23. The standard InChI is InChI=1S/C38H40N4O7/c1-38(2,3)49-37(45)42-31-24-33(46-20-21-48-35-14-7-8-19-47-35)28(16-15-26-10-5-4-6-11-26)23-30(31)41-34(44)25-32(43)27-12-9-13-29(22-27)36-39-17-18-40-36/h4-6,9-13,17-18,22-24,35H,7-8,14,19-21,25H2,1-3H3,(H,39,40)(H,41,44)(H,42,45). The van der Waals surface area contributed by atoms with Crippen molar-refractivity contribution in [2.24, 2.45) is 0 Å². The van der Waals surface area contributed by atoms with Gasteiger partial charge in [-0.2, -0.15) is 0 Å². The Morgan fingerprint density at radius 2 is 1.78 bits per heavy atom. The number of nitrogens with one attached hydrogen (secondary N) is 3. The number of Topliss-reactive ketones (excluding diaryl/α,β-unsaturated/α-hetero) is 1. The van der Waals surface area contributed by atoms with Crippen molar-refractivity contribution in [3.05, 3.63) is 95.8 Å². The monoisotopic (exact) mass is 664 g/mol. The summed E-state index contributed by atoms with van der Waals surface area (Å²) >= 11 is 0. The molecule has 4 aromatic rings. The van der Waals surface area contributed by atoms with Crippen LogP contribution in [0.3, 0.4) is 0 Å². The maximum absolute atomic E-state index is 13.3. The molecule has 1 atom stereocenters. The second kappa shape index (κ2) is 16.6. The lowest BCUT2D eigenvalue weighted by atomic mass is 10.0. The van der Waals surface area contributed by atoms with Crippen LogP contribution in [-0.2, 0) is 19.0 Å². The Balaban J connectivity index is 1.40. The Kier molecular flexibility index (Phi) is 11.8. The Bertz CT molecular complexity index is 1800. The maximum Gasteiger partial charge on any atom is 0.412 e. The maximum atomic E-state index is 13.3. The number of hydrogen-bond acceptors (Lipinski definition) is 8. The van der Waals surface area contributed by atoms with Gasteiger partial charge in [0.2, 0.25) is 5.91 Å². The van der Waals surface area contributed by atoms with Gasteiger partial charge in [0.15, 0.2) is 12.1 Å². The summed E-state index contributed by atoms with van der Waals surface area (Å²) in [6, 6.07) is 19.5. The van der Waals surface area contributed by atoms with E-state index in [4.69, 9.17) is 18.9 Å². The topological polar surface area (TPSA) is 141 Å². The number of anilines is 2. The third-order valence-corrected chi connectivity index (χ3v) is 7.20. The fourth-order valence-electron chi connectivity index (χ4n) is 4.96. The van der Waals surface area contributed by atoms with E-state index in [9.17, 15) is 14.4 Å². The number of carbonyl (C=O) groups is 3. The number of nitrogens with zero attached hydrogens (tertiary/aromatic N) is 1. The van der Waals surface area contributed by atoms with Crippen molar-refractivity contribution < 1.29 is 33.3 Å². The fraction of sp³-hybridized carbons (Fsp3) is 0.316. The van der Waals surface area contributed by atoms with Crippen molar-refractivity contribution in [3.8, 4) is 29.0 Å². The molecule has 1 fully saturated rings. The zero-order valence-electron chi connectivity index (χ0n) is 27.8. The van der Waals surface area contributed by atoms with Crippen molar-refractivity contribution in [3.63, 3.8) is 0 Å². The number of ketones is 1. The molecule has 1 unspecified atom stereocenters. The third kappa shape index (κ3) is 10.8. The number of imidazole rings is 1. The van der Waals surface area contributed by atoms with Gasteiger partial charge in [0.1, 0.15) is 23.8 Å². The minimum Gasteiger partial charge on any atom is -0.490 e. The molecule has 11 nitrogen and oxygen atoms in total. The molecule has 49 heavy (non-hydrogen) atoms. The van der Waals surface area contributed by atoms with E-state index < -0.39 is 29.8 Å². The van der Waals surface area contributed by atoms with Crippen molar-refractivity contribution in [2.45, 2.75) is 58.3 Å². The van der Waals surface area contributed by atoms with Crippen LogP contribution >= 0.6 is 0 Å². The van der Waals surface area contributed by atoms with E-state index in [0.717, 1.165) is 24.8 Å². The lowest BCUT2D eigenvalue weighted by molar-refractivity contribution is -0.165. The van der Waals surface area contributed by atoms with E-state index in [1.165, 1.54) is 0 Å². The molecule has 2 heterocycles. The summed E-state index contributed by atoms with van der Waals surface area (Å²) in [6.45, 7) is 6.36. The lowest BCUT2D eigenvalue weighted by Crippen LogP contribution is -2.28. The van der Waals surface area contributed by atoms with Crippen LogP contribution < -0.4 is 15.4 Å². The zero-order chi connectivity index (χ0) is 34.6. The van der Waals surface area contributed by atoms with Crippen LogP contribution in [0.1, 0.15) is 67.9 Å². The van der Waals surface area contributed by atoms with E-state index in [1.807, 2.05) is 36.4 Å². The molecule has 254 valence electrons. The molecular formula is C38H40N4O7. The summed E-state index contributed by atoms with van der Waals surface area (Å²) in [4.78, 5) is 46.6. The zero-order valence-corrected chi connectivity index (χ0v) is 27.8. The van der Waals surface area contributed by atoms with Crippen LogP contribution in [0, 0.1) is 11.8 Å². The highest BCUT2D eigenvalue weighted by Crippen LogP contribution is 2.32. The molecule has 0 saturated carbocycles. The minimum absolute atomic E-state index is 0.184. The van der Waals surface area contributed by atoms with Gasteiger partial charge in [-0.1, -0.05) is 48.2 Å². The van der Waals surface area contributed by atoms with Crippen LogP contribution in [0.25, 0.3) is 11.4 Å². The first-order valence-corrected chi connectivity index (χ1v) is 16.2. The second-order valence-corrected chi connectivity index (χ2v) is 12.3. The number of hydrogen-bond donors (Lipinski definition) is 3. The summed E-state index contributed by atoms with van der Waals surface area (Å²) in [5, 5.41) is 5.50. The summed E-state index contributed by atoms with van der Waals surface area (Å²) < 4.78 is 23.1. The van der Waals surface area contributed by atoms with Gasteiger partial charge < -0.3 is 29.2 Å². The highest BCUT2D eigenvalue weighted by Gasteiger charge is 2.21. The summed E-state index contributed by atoms with van der Waals surface area (Å²) in [5.41, 5.74) is 1.93. The molecule has 0 radical (unpaired) electrons. The predicted molar refractivity (Wildman–Crippen MR) is 185 cm³/mol. The number of benzene rings is 3. The molecule has 1 saturated heterocycles. The molecule has 1 aliphatic rings. The Morgan fingerprint density at radius 1 is 0.959 bits per heavy atom. The minimum atomic E-state index is -0.775. The van der Waals surface area contributed by atoms with E-state index in [-0.39, 0.29) is 30.9 Å². The molecule has 2 amide bonds. The van der Waals surface area contributed by atoms with Crippen LogP contribution in [0.4, 0.5) is 16.2 Å². The number of aromatic amines is 1. The van der Waals surface area contributed by atoms with Crippen molar-refractivity contribution in [1.29, 1.82) is 0 Å². The molecular weight excluding hydrogens is 624 g/mol. The van der Waals surface area contributed by atoms with Crippen LogP contribution in [0.15, 0.2) is 79.1 Å². The predicted octanol–water partition coefficient (Wildman–Crippen LogP) is 6.96. The summed E-state index contributed by atoms with van der Waals surface area (Å²) in [5.74, 6) is 6.23. The van der Waals surface area contributed by atoms with Crippen molar-refractivity contribution in [1.82, 2.24) is 9.97 Å². The van der Waals surface area contributed by atoms with Gasteiger partial charge in [0.05, 0.1) is 30.0 Å². The normalized spacial score (nSPS) is 14.2. The first kappa shape index (κ1) is 34.9. The van der Waals surface area contributed by atoms with Crippen LogP contribution in [0.2, 0.25) is 0 Å². The molecule has 0 aliphatic carbocycles. The van der Waals surface area contributed by atoms with Crippen LogP contribution in [-0.4, -0.2) is 59.5 Å². The van der Waals surface area contributed by atoms with Gasteiger partial charge in [-0.25, -0.2) is 9.78 Å². The van der Waals surface area contributed by atoms with Crippen LogP contribution in [0.5, 0.6) is 5.75 Å². The number of H-pyrrole nitrogens is 1. The van der Waals surface area contributed by atoms with Gasteiger partial charge in [-0.15, -0.1) is 0 Å². The second-order valence-electron chi connectivity index (χ2n) is 12.3. The van der Waals surface area contributed by atoms with Gasteiger partial charge in [0, 0.05) is 41.8 Å². The van der Waals surface area contributed by atoms with E-state index >= 15 is 0 Å².